The smallest absolute Gasteiger partial charge is 0.308 e. The molecule has 0 spiro atoms. The standard InChI is InChI=1S/C25H20O14/c1-9(26)33-16-8-7-15-18(32)17-21(35-11(3)28)23(36-12(4)29)25(38-14(6)31)24(37-13(5)30)22(17)39-19(15)20(16)34-10(2)27/h7-8H,1-6H3. The van der Waals surface area contributed by atoms with Crippen LogP contribution in [0.2, 0.25) is 0 Å². The molecule has 39 heavy (non-hydrogen) atoms. The number of ether oxygens (including phenoxy) is 6. The number of carbonyl (C=O) groups is 6. The number of rotatable bonds is 6. The molecular weight excluding hydrogens is 524 g/mol. The van der Waals surface area contributed by atoms with Crippen LogP contribution >= 0.6 is 0 Å². The van der Waals surface area contributed by atoms with Gasteiger partial charge in [-0.1, -0.05) is 0 Å². The summed E-state index contributed by atoms with van der Waals surface area (Å²) in [6.07, 6.45) is 0. The molecule has 1 aromatic heterocycles. The summed E-state index contributed by atoms with van der Waals surface area (Å²) in [4.78, 5) is 85.1. The maximum Gasteiger partial charge on any atom is 0.308 e. The van der Waals surface area contributed by atoms with Crippen molar-refractivity contribution >= 4 is 57.8 Å². The highest BCUT2D eigenvalue weighted by Gasteiger charge is 2.33. The number of hydrogen-bond acceptors (Lipinski definition) is 14. The third-order valence-electron chi connectivity index (χ3n) is 4.51. The second-order valence-electron chi connectivity index (χ2n) is 7.78. The molecule has 0 aliphatic carbocycles. The first-order valence-corrected chi connectivity index (χ1v) is 10.9. The lowest BCUT2D eigenvalue weighted by Crippen LogP contribution is -2.16. The van der Waals surface area contributed by atoms with Gasteiger partial charge in [-0.15, -0.1) is 0 Å². The highest BCUT2D eigenvalue weighted by molar-refractivity contribution is 6.04. The van der Waals surface area contributed by atoms with Crippen LogP contribution in [0.5, 0.6) is 34.5 Å². The van der Waals surface area contributed by atoms with Gasteiger partial charge in [-0.05, 0) is 12.1 Å². The molecule has 0 bridgehead atoms. The Morgan fingerprint density at radius 1 is 0.513 bits per heavy atom. The van der Waals surface area contributed by atoms with Gasteiger partial charge in [0.05, 0.1) is 5.39 Å². The summed E-state index contributed by atoms with van der Waals surface area (Å²) >= 11 is 0. The first-order chi connectivity index (χ1) is 18.2. The Balaban J connectivity index is 2.70. The predicted octanol–water partition coefficient (Wildman–Crippen LogP) is 2.50. The van der Waals surface area contributed by atoms with Gasteiger partial charge in [0.15, 0.2) is 22.7 Å². The third kappa shape index (κ3) is 6.01. The average molecular weight is 544 g/mol. The van der Waals surface area contributed by atoms with Crippen molar-refractivity contribution in [1.82, 2.24) is 0 Å². The van der Waals surface area contributed by atoms with Crippen LogP contribution in [0.4, 0.5) is 0 Å². The molecule has 0 aliphatic heterocycles. The second-order valence-corrected chi connectivity index (χ2v) is 7.78. The monoisotopic (exact) mass is 544 g/mol. The Morgan fingerprint density at radius 3 is 1.41 bits per heavy atom. The normalized spacial score (nSPS) is 10.5. The lowest BCUT2D eigenvalue weighted by atomic mass is 10.1. The summed E-state index contributed by atoms with van der Waals surface area (Å²) < 4.78 is 36.7. The molecule has 0 atom stereocenters. The van der Waals surface area contributed by atoms with Crippen LogP contribution in [-0.2, 0) is 28.8 Å². The zero-order valence-corrected chi connectivity index (χ0v) is 21.4. The van der Waals surface area contributed by atoms with Crippen molar-refractivity contribution in [2.24, 2.45) is 0 Å². The molecule has 0 unspecified atom stereocenters. The molecule has 14 nitrogen and oxygen atoms in total. The van der Waals surface area contributed by atoms with E-state index in [1.165, 1.54) is 0 Å². The van der Waals surface area contributed by atoms with Crippen LogP contribution in [0.1, 0.15) is 41.5 Å². The van der Waals surface area contributed by atoms with Crippen molar-refractivity contribution in [1.29, 1.82) is 0 Å². The van der Waals surface area contributed by atoms with E-state index in [9.17, 15) is 33.6 Å². The average Bonchev–Trinajstić information content (AvgIpc) is 2.78. The van der Waals surface area contributed by atoms with Gasteiger partial charge in [0.25, 0.3) is 0 Å². The van der Waals surface area contributed by atoms with E-state index in [-0.39, 0.29) is 11.1 Å². The zero-order chi connectivity index (χ0) is 29.2. The molecule has 204 valence electrons. The predicted molar refractivity (Wildman–Crippen MR) is 128 cm³/mol. The Kier molecular flexibility index (Phi) is 7.98. The SMILES string of the molecule is CC(=O)Oc1ccc2c(=O)c3c(OC(C)=O)c(OC(C)=O)c(OC(C)=O)c(OC(C)=O)c3oc2c1OC(C)=O. The number of esters is 6. The van der Waals surface area contributed by atoms with Gasteiger partial charge in [0.1, 0.15) is 5.39 Å². The van der Waals surface area contributed by atoms with Crippen LogP contribution in [-0.4, -0.2) is 35.8 Å². The minimum Gasteiger partial charge on any atom is -0.447 e. The van der Waals surface area contributed by atoms with E-state index in [1.54, 1.807) is 0 Å². The molecule has 0 amide bonds. The van der Waals surface area contributed by atoms with E-state index < -0.39 is 86.5 Å². The first-order valence-electron chi connectivity index (χ1n) is 10.9. The van der Waals surface area contributed by atoms with Gasteiger partial charge >= 0.3 is 35.8 Å². The van der Waals surface area contributed by atoms with Gasteiger partial charge in [-0.3, -0.25) is 33.6 Å². The zero-order valence-electron chi connectivity index (χ0n) is 21.4. The number of fused-ring (bicyclic) bond motifs is 2. The molecule has 0 aliphatic rings. The van der Waals surface area contributed by atoms with E-state index in [0.29, 0.717) is 0 Å². The summed E-state index contributed by atoms with van der Waals surface area (Å²) in [7, 11) is 0. The molecule has 1 heterocycles. The van der Waals surface area contributed by atoms with Crippen LogP contribution in [0.3, 0.4) is 0 Å². The summed E-state index contributed by atoms with van der Waals surface area (Å²) in [5.74, 6) is -9.34. The molecular formula is C25H20O14. The molecule has 14 heteroatoms. The molecule has 0 saturated carbocycles. The van der Waals surface area contributed by atoms with E-state index in [4.69, 9.17) is 32.8 Å². The molecule has 2 aromatic carbocycles. The third-order valence-corrected chi connectivity index (χ3v) is 4.51. The quantitative estimate of drug-likeness (QED) is 0.250. The summed E-state index contributed by atoms with van der Waals surface area (Å²) in [5.41, 5.74) is -2.06. The van der Waals surface area contributed by atoms with Crippen molar-refractivity contribution in [2.45, 2.75) is 41.5 Å². The van der Waals surface area contributed by atoms with Gasteiger partial charge in [-0.2, -0.15) is 0 Å². The number of benzene rings is 2. The minimum atomic E-state index is -0.995. The summed E-state index contributed by atoms with van der Waals surface area (Å²) in [6, 6.07) is 2.30. The molecule has 3 aromatic rings. The van der Waals surface area contributed by atoms with Crippen molar-refractivity contribution in [3.8, 4) is 34.5 Å². The van der Waals surface area contributed by atoms with Crippen LogP contribution in [0, 0.1) is 0 Å². The number of hydrogen-bond donors (Lipinski definition) is 0. The van der Waals surface area contributed by atoms with Crippen molar-refractivity contribution in [3.63, 3.8) is 0 Å². The lowest BCUT2D eigenvalue weighted by Gasteiger charge is -2.19. The molecule has 0 saturated heterocycles. The van der Waals surface area contributed by atoms with Gasteiger partial charge in [0.2, 0.25) is 28.4 Å². The Morgan fingerprint density at radius 2 is 0.923 bits per heavy atom. The topological polar surface area (TPSA) is 188 Å². The van der Waals surface area contributed by atoms with Gasteiger partial charge < -0.3 is 32.8 Å². The highest BCUT2D eigenvalue weighted by Crippen LogP contribution is 2.52. The lowest BCUT2D eigenvalue weighted by molar-refractivity contribution is -0.136. The molecule has 0 fully saturated rings. The fraction of sp³-hybridized carbons (Fsp3) is 0.240. The van der Waals surface area contributed by atoms with E-state index in [0.717, 1.165) is 53.7 Å². The van der Waals surface area contributed by atoms with E-state index in [1.807, 2.05) is 0 Å². The number of carbonyl (C=O) groups excluding carboxylic acids is 6. The molecule has 3 rings (SSSR count). The van der Waals surface area contributed by atoms with Crippen LogP contribution < -0.4 is 33.8 Å². The fourth-order valence-electron chi connectivity index (χ4n) is 3.43. The van der Waals surface area contributed by atoms with Crippen molar-refractivity contribution in [2.75, 3.05) is 0 Å². The summed E-state index contributed by atoms with van der Waals surface area (Å²) in [5, 5.41) is -0.860. The highest BCUT2D eigenvalue weighted by atomic mass is 16.6. The molecule has 0 N–H and O–H groups in total. The molecule has 0 radical (unpaired) electrons. The maximum atomic E-state index is 13.8. The van der Waals surface area contributed by atoms with Crippen molar-refractivity contribution in [3.05, 3.63) is 22.4 Å². The van der Waals surface area contributed by atoms with E-state index in [2.05, 4.69) is 0 Å². The largest absolute Gasteiger partial charge is 0.447 e. The van der Waals surface area contributed by atoms with Gasteiger partial charge in [0, 0.05) is 41.5 Å². The van der Waals surface area contributed by atoms with Crippen molar-refractivity contribution < 1.29 is 61.6 Å². The summed E-state index contributed by atoms with van der Waals surface area (Å²) in [6.45, 7) is 5.98. The van der Waals surface area contributed by atoms with Crippen LogP contribution in [0.15, 0.2) is 21.3 Å². The minimum absolute atomic E-state index is 0.286. The van der Waals surface area contributed by atoms with E-state index >= 15 is 0 Å². The Bertz CT molecular complexity index is 1640. The Labute approximate surface area is 218 Å². The Hall–Kier alpha value is -5.27. The first kappa shape index (κ1) is 28.3. The van der Waals surface area contributed by atoms with Gasteiger partial charge in [-0.25, -0.2) is 0 Å². The second kappa shape index (κ2) is 11.0. The fourth-order valence-corrected chi connectivity index (χ4v) is 3.43. The van der Waals surface area contributed by atoms with Crippen LogP contribution in [0.25, 0.3) is 21.9 Å². The maximum absolute atomic E-state index is 13.8.